The zero-order valence-corrected chi connectivity index (χ0v) is 16.2. The van der Waals surface area contributed by atoms with Crippen molar-refractivity contribution in [1.82, 2.24) is 5.32 Å². The largest absolute Gasteiger partial charge is 0.462 e. The van der Waals surface area contributed by atoms with Gasteiger partial charge < -0.3 is 15.1 Å². The van der Waals surface area contributed by atoms with E-state index in [4.69, 9.17) is 16.0 Å². The van der Waals surface area contributed by atoms with E-state index in [2.05, 4.69) is 10.6 Å². The molecule has 0 fully saturated rings. The second kappa shape index (κ2) is 8.59. The SMILES string of the molecule is Cc1ccc(NC(=O)/C(=C\c2ccc(C)o2)NC(=O)c2cccc(Cl)c2)cc1. The van der Waals surface area contributed by atoms with Gasteiger partial charge in [-0.3, -0.25) is 9.59 Å². The number of carbonyl (C=O) groups excluding carboxylic acids is 2. The predicted octanol–water partition coefficient (Wildman–Crippen LogP) is 4.96. The Hall–Kier alpha value is -3.31. The number of halogens is 1. The van der Waals surface area contributed by atoms with Crippen molar-refractivity contribution in [2.24, 2.45) is 0 Å². The molecule has 2 amide bonds. The maximum absolute atomic E-state index is 12.8. The lowest BCUT2D eigenvalue weighted by Crippen LogP contribution is -2.30. The molecule has 3 aromatic rings. The number of nitrogens with one attached hydrogen (secondary N) is 2. The Morgan fingerprint density at radius 3 is 2.39 bits per heavy atom. The zero-order chi connectivity index (χ0) is 20.1. The van der Waals surface area contributed by atoms with Crippen LogP contribution in [0.5, 0.6) is 0 Å². The molecule has 2 aromatic carbocycles. The lowest BCUT2D eigenvalue weighted by atomic mass is 10.2. The van der Waals surface area contributed by atoms with Gasteiger partial charge in [-0.2, -0.15) is 0 Å². The number of anilines is 1. The van der Waals surface area contributed by atoms with Crippen LogP contribution in [0.3, 0.4) is 0 Å². The molecular formula is C22H19ClN2O3. The Balaban J connectivity index is 1.86. The van der Waals surface area contributed by atoms with Gasteiger partial charge in [0.2, 0.25) is 0 Å². The van der Waals surface area contributed by atoms with Crippen LogP contribution >= 0.6 is 11.6 Å². The molecule has 0 atom stereocenters. The van der Waals surface area contributed by atoms with Gasteiger partial charge in [0, 0.05) is 22.3 Å². The molecule has 142 valence electrons. The highest BCUT2D eigenvalue weighted by Crippen LogP contribution is 2.15. The average Bonchev–Trinajstić information content (AvgIpc) is 3.08. The molecule has 3 rings (SSSR count). The molecule has 0 aliphatic heterocycles. The van der Waals surface area contributed by atoms with Crippen LogP contribution in [0.4, 0.5) is 5.69 Å². The maximum Gasteiger partial charge on any atom is 0.272 e. The Kier molecular flexibility index (Phi) is 5.96. The number of rotatable bonds is 5. The predicted molar refractivity (Wildman–Crippen MR) is 110 cm³/mol. The first-order valence-corrected chi connectivity index (χ1v) is 9.01. The van der Waals surface area contributed by atoms with Crippen molar-refractivity contribution in [3.8, 4) is 0 Å². The van der Waals surface area contributed by atoms with Crippen molar-refractivity contribution in [2.75, 3.05) is 5.32 Å². The van der Waals surface area contributed by atoms with Crippen LogP contribution in [0, 0.1) is 13.8 Å². The zero-order valence-electron chi connectivity index (χ0n) is 15.5. The molecule has 1 heterocycles. The van der Waals surface area contributed by atoms with Crippen molar-refractivity contribution in [2.45, 2.75) is 13.8 Å². The lowest BCUT2D eigenvalue weighted by Gasteiger charge is -2.11. The highest BCUT2D eigenvalue weighted by atomic mass is 35.5. The summed E-state index contributed by atoms with van der Waals surface area (Å²) in [5.41, 5.74) is 2.10. The molecule has 0 spiro atoms. The van der Waals surface area contributed by atoms with Gasteiger partial charge in [0.1, 0.15) is 17.2 Å². The number of amides is 2. The quantitative estimate of drug-likeness (QED) is 0.601. The lowest BCUT2D eigenvalue weighted by molar-refractivity contribution is -0.113. The van der Waals surface area contributed by atoms with E-state index in [-0.39, 0.29) is 5.70 Å². The van der Waals surface area contributed by atoms with E-state index in [1.54, 1.807) is 49.4 Å². The first-order valence-electron chi connectivity index (χ1n) is 8.64. The van der Waals surface area contributed by atoms with E-state index in [1.165, 1.54) is 12.1 Å². The normalized spacial score (nSPS) is 11.2. The number of aryl methyl sites for hydroxylation is 2. The molecule has 0 aliphatic carbocycles. The van der Waals surface area contributed by atoms with Crippen molar-refractivity contribution in [1.29, 1.82) is 0 Å². The van der Waals surface area contributed by atoms with Crippen molar-refractivity contribution in [3.63, 3.8) is 0 Å². The number of benzene rings is 2. The molecule has 1 aromatic heterocycles. The standard InChI is InChI=1S/C22H19ClN2O3/c1-14-6-9-18(10-7-14)24-22(27)20(13-19-11-8-15(2)28-19)25-21(26)16-4-3-5-17(23)12-16/h3-13H,1-2H3,(H,24,27)(H,25,26)/b20-13+. The second-order valence-electron chi connectivity index (χ2n) is 6.29. The van der Waals surface area contributed by atoms with Crippen LogP contribution in [-0.4, -0.2) is 11.8 Å². The van der Waals surface area contributed by atoms with Crippen molar-refractivity contribution < 1.29 is 14.0 Å². The summed E-state index contributed by atoms with van der Waals surface area (Å²) >= 11 is 5.95. The molecule has 6 heteroatoms. The van der Waals surface area contributed by atoms with E-state index in [1.807, 2.05) is 19.1 Å². The van der Waals surface area contributed by atoms with Gasteiger partial charge in [-0.05, 0) is 56.3 Å². The van der Waals surface area contributed by atoms with E-state index < -0.39 is 11.8 Å². The Bertz CT molecular complexity index is 1040. The van der Waals surface area contributed by atoms with Crippen LogP contribution in [-0.2, 0) is 4.79 Å². The molecule has 0 aliphatic rings. The third-order valence-electron chi connectivity index (χ3n) is 3.94. The summed E-state index contributed by atoms with van der Waals surface area (Å²) in [5, 5.41) is 5.85. The fourth-order valence-electron chi connectivity index (χ4n) is 2.49. The minimum Gasteiger partial charge on any atom is -0.462 e. The molecule has 28 heavy (non-hydrogen) atoms. The van der Waals surface area contributed by atoms with Gasteiger partial charge in [0.15, 0.2) is 0 Å². The van der Waals surface area contributed by atoms with Crippen LogP contribution in [0.1, 0.15) is 27.4 Å². The van der Waals surface area contributed by atoms with E-state index in [0.717, 1.165) is 5.56 Å². The van der Waals surface area contributed by atoms with Crippen LogP contribution in [0.15, 0.2) is 70.8 Å². The molecule has 0 saturated heterocycles. The molecular weight excluding hydrogens is 376 g/mol. The first-order chi connectivity index (χ1) is 13.4. The number of furan rings is 1. The summed E-state index contributed by atoms with van der Waals surface area (Å²) in [6.07, 6.45) is 1.49. The van der Waals surface area contributed by atoms with E-state index in [9.17, 15) is 9.59 Å². The molecule has 0 saturated carbocycles. The van der Waals surface area contributed by atoms with E-state index in [0.29, 0.717) is 27.8 Å². The summed E-state index contributed by atoms with van der Waals surface area (Å²) in [7, 11) is 0. The van der Waals surface area contributed by atoms with Crippen LogP contribution in [0.25, 0.3) is 6.08 Å². The Morgan fingerprint density at radius 2 is 1.75 bits per heavy atom. The highest BCUT2D eigenvalue weighted by molar-refractivity contribution is 6.31. The third kappa shape index (κ3) is 5.11. The van der Waals surface area contributed by atoms with Gasteiger partial charge in [0.25, 0.3) is 11.8 Å². The molecule has 0 bridgehead atoms. The molecule has 0 radical (unpaired) electrons. The van der Waals surface area contributed by atoms with Gasteiger partial charge in [-0.1, -0.05) is 35.4 Å². The fraction of sp³-hybridized carbons (Fsp3) is 0.0909. The van der Waals surface area contributed by atoms with Crippen LogP contribution < -0.4 is 10.6 Å². The fourth-order valence-corrected chi connectivity index (χ4v) is 2.68. The summed E-state index contributed by atoms with van der Waals surface area (Å²) < 4.78 is 5.51. The smallest absolute Gasteiger partial charge is 0.272 e. The van der Waals surface area contributed by atoms with Crippen molar-refractivity contribution in [3.05, 3.63) is 94.0 Å². The minimum atomic E-state index is -0.465. The highest BCUT2D eigenvalue weighted by Gasteiger charge is 2.16. The summed E-state index contributed by atoms with van der Waals surface area (Å²) in [5.74, 6) is 0.244. The number of hydrogen-bond acceptors (Lipinski definition) is 3. The van der Waals surface area contributed by atoms with Crippen molar-refractivity contribution >= 4 is 35.2 Å². The summed E-state index contributed by atoms with van der Waals surface area (Å²) in [4.78, 5) is 25.4. The summed E-state index contributed by atoms with van der Waals surface area (Å²) in [6.45, 7) is 3.76. The van der Waals surface area contributed by atoms with Gasteiger partial charge >= 0.3 is 0 Å². The van der Waals surface area contributed by atoms with E-state index >= 15 is 0 Å². The number of hydrogen-bond donors (Lipinski definition) is 2. The van der Waals surface area contributed by atoms with Gasteiger partial charge in [-0.15, -0.1) is 0 Å². The number of carbonyl (C=O) groups is 2. The molecule has 5 nitrogen and oxygen atoms in total. The third-order valence-corrected chi connectivity index (χ3v) is 4.17. The summed E-state index contributed by atoms with van der Waals surface area (Å²) in [6, 6.07) is 17.4. The van der Waals surface area contributed by atoms with Crippen LogP contribution in [0.2, 0.25) is 5.02 Å². The molecule has 2 N–H and O–H groups in total. The minimum absolute atomic E-state index is 0.0555. The van der Waals surface area contributed by atoms with Gasteiger partial charge in [0.05, 0.1) is 0 Å². The first kappa shape index (κ1) is 19.5. The Labute approximate surface area is 168 Å². The molecule has 0 unspecified atom stereocenters. The Morgan fingerprint density at radius 1 is 1.00 bits per heavy atom. The average molecular weight is 395 g/mol. The topological polar surface area (TPSA) is 71.3 Å². The van der Waals surface area contributed by atoms with Gasteiger partial charge in [-0.25, -0.2) is 0 Å². The monoisotopic (exact) mass is 394 g/mol. The second-order valence-corrected chi connectivity index (χ2v) is 6.73. The maximum atomic E-state index is 12.8.